The molecule has 10 nitrogen and oxygen atoms in total. The third kappa shape index (κ3) is 4.47. The predicted molar refractivity (Wildman–Crippen MR) is 125 cm³/mol. The van der Waals surface area contributed by atoms with E-state index in [2.05, 4.69) is 15.2 Å². The minimum atomic E-state index is -1.82. The topological polar surface area (TPSA) is 119 Å². The number of benzene rings is 1. The first-order valence-corrected chi connectivity index (χ1v) is 11.2. The third-order valence-electron chi connectivity index (χ3n) is 6.09. The van der Waals surface area contributed by atoms with Crippen molar-refractivity contribution in [2.24, 2.45) is 10.8 Å². The Morgan fingerprint density at radius 3 is 2.49 bits per heavy atom. The molecule has 3 aromatic rings. The summed E-state index contributed by atoms with van der Waals surface area (Å²) in [5, 5.41) is 9.07. The van der Waals surface area contributed by atoms with E-state index in [1.165, 1.54) is 21.9 Å². The first-order chi connectivity index (χ1) is 18.0. The van der Waals surface area contributed by atoms with Crippen molar-refractivity contribution in [2.45, 2.75) is 32.4 Å². The Balaban J connectivity index is 1.29. The smallest absolute Gasteiger partial charge is 0.341 e. The van der Waals surface area contributed by atoms with Crippen LogP contribution in [0.15, 0.2) is 35.6 Å². The molecule has 37 heavy (non-hydrogen) atoms. The second-order valence-corrected chi connectivity index (χ2v) is 8.64. The van der Waals surface area contributed by atoms with Gasteiger partial charge >= 0.3 is 6.03 Å². The van der Waals surface area contributed by atoms with Crippen molar-refractivity contribution in [3.05, 3.63) is 70.4 Å². The van der Waals surface area contributed by atoms with Crippen LogP contribution in [0.3, 0.4) is 0 Å². The molecule has 2 aromatic heterocycles. The van der Waals surface area contributed by atoms with E-state index in [0.717, 1.165) is 23.3 Å². The van der Waals surface area contributed by atoms with E-state index >= 15 is 0 Å². The van der Waals surface area contributed by atoms with E-state index in [9.17, 15) is 22.8 Å². The molecular weight excluding hydrogens is 491 g/mol. The van der Waals surface area contributed by atoms with Crippen LogP contribution >= 0.6 is 0 Å². The number of hydrogen-bond acceptors (Lipinski definition) is 6. The largest absolute Gasteiger partial charge is 0.483 e. The number of hydrogen-bond donors (Lipinski definition) is 1. The highest BCUT2D eigenvalue weighted by atomic mass is 19.1. The van der Waals surface area contributed by atoms with Gasteiger partial charge in [-0.05, 0) is 31.5 Å². The van der Waals surface area contributed by atoms with Gasteiger partial charge in [-0.15, -0.1) is 0 Å². The van der Waals surface area contributed by atoms with Crippen LogP contribution in [0.5, 0.6) is 5.75 Å². The molecule has 0 bridgehead atoms. The Labute approximate surface area is 210 Å². The number of primary amides is 1. The molecule has 0 radical (unpaired) electrons. The van der Waals surface area contributed by atoms with Crippen LogP contribution in [0, 0.1) is 31.3 Å². The van der Waals surface area contributed by atoms with Crippen molar-refractivity contribution in [1.82, 2.24) is 24.7 Å². The standard InChI is InChI=1S/C24H22F3N7O3/c1-12-22(23(28)35)13(2)33(31-12)21-8-20(18(27)9-29-21)37-17-10-32(11-17)24(36)34-19(3-4-30-34)14-5-15(25)7-16(26)6-14/h4-9,17,19H,3,10-11H2,1-2H3,(H2,28,35)/i19D. The Morgan fingerprint density at radius 2 is 1.84 bits per heavy atom. The van der Waals surface area contributed by atoms with Crippen molar-refractivity contribution in [3.8, 4) is 11.6 Å². The number of nitrogens with zero attached hydrogens (tertiary/aromatic N) is 6. The van der Waals surface area contributed by atoms with Crippen LogP contribution in [-0.4, -0.2) is 62.0 Å². The van der Waals surface area contributed by atoms with Gasteiger partial charge < -0.3 is 15.4 Å². The molecule has 4 heterocycles. The SMILES string of the molecule is [2H]C1(c2cc(F)cc(F)c2)CC=NN1C(=O)N1CC(Oc2cc(-n3nc(C)c(C(N)=O)c3C)ncc2F)C1. The Hall–Kier alpha value is -4.42. The number of urea groups is 1. The monoisotopic (exact) mass is 514 g/mol. The molecule has 0 saturated carbocycles. The number of rotatable bonds is 5. The first kappa shape index (κ1) is 23.0. The average Bonchev–Trinajstić information content (AvgIpc) is 3.36. The van der Waals surface area contributed by atoms with Gasteiger partial charge in [-0.1, -0.05) is 0 Å². The summed E-state index contributed by atoms with van der Waals surface area (Å²) in [7, 11) is 0. The van der Waals surface area contributed by atoms with E-state index in [0.29, 0.717) is 17.5 Å². The van der Waals surface area contributed by atoms with E-state index in [1.807, 2.05) is 0 Å². The number of halogens is 3. The van der Waals surface area contributed by atoms with Crippen molar-refractivity contribution < 1.29 is 28.9 Å². The molecule has 192 valence electrons. The van der Waals surface area contributed by atoms with Crippen LogP contribution < -0.4 is 10.5 Å². The Morgan fingerprint density at radius 1 is 1.14 bits per heavy atom. The fourth-order valence-corrected chi connectivity index (χ4v) is 4.31. The minimum absolute atomic E-state index is 0.0514. The van der Waals surface area contributed by atoms with Crippen molar-refractivity contribution in [2.75, 3.05) is 13.1 Å². The summed E-state index contributed by atoms with van der Waals surface area (Å²) in [6.45, 7) is 3.36. The maximum absolute atomic E-state index is 14.5. The molecule has 1 saturated heterocycles. The number of likely N-dealkylation sites (tertiary alicyclic amines) is 1. The molecule has 1 aromatic carbocycles. The minimum Gasteiger partial charge on any atom is -0.483 e. The highest BCUT2D eigenvalue weighted by Gasteiger charge is 2.39. The summed E-state index contributed by atoms with van der Waals surface area (Å²) in [6, 6.07) is 1.51. The maximum Gasteiger partial charge on any atom is 0.341 e. The summed E-state index contributed by atoms with van der Waals surface area (Å²) in [6.07, 6.45) is 1.66. The van der Waals surface area contributed by atoms with E-state index in [4.69, 9.17) is 11.8 Å². The van der Waals surface area contributed by atoms with Crippen molar-refractivity contribution in [1.29, 1.82) is 0 Å². The molecule has 1 atom stereocenters. The number of aromatic nitrogens is 3. The third-order valence-corrected chi connectivity index (χ3v) is 6.09. The normalized spacial score (nSPS) is 19.6. The lowest BCUT2D eigenvalue weighted by molar-refractivity contribution is 0.0256. The maximum atomic E-state index is 14.5. The summed E-state index contributed by atoms with van der Waals surface area (Å²) < 4.78 is 57.8. The van der Waals surface area contributed by atoms with Crippen molar-refractivity contribution >= 4 is 18.2 Å². The Bertz CT molecular complexity index is 1470. The van der Waals surface area contributed by atoms with Gasteiger partial charge in [-0.3, -0.25) is 4.79 Å². The van der Waals surface area contributed by atoms with Crippen LogP contribution in [0.4, 0.5) is 18.0 Å². The molecule has 1 unspecified atom stereocenters. The lowest BCUT2D eigenvalue weighted by Crippen LogP contribution is -2.58. The number of ether oxygens (including phenoxy) is 1. The molecule has 0 spiro atoms. The number of pyridine rings is 1. The Kier molecular flexibility index (Phi) is 5.74. The average molecular weight is 514 g/mol. The molecule has 0 aliphatic carbocycles. The molecule has 2 N–H and O–H groups in total. The second-order valence-electron chi connectivity index (χ2n) is 8.64. The molecule has 1 fully saturated rings. The molecule has 2 aliphatic rings. The zero-order valence-corrected chi connectivity index (χ0v) is 19.8. The second kappa shape index (κ2) is 9.22. The lowest BCUT2D eigenvalue weighted by atomic mass is 10.0. The predicted octanol–water partition coefficient (Wildman–Crippen LogP) is 3.02. The zero-order valence-electron chi connectivity index (χ0n) is 20.8. The fraction of sp³-hybridized carbons (Fsp3) is 0.292. The van der Waals surface area contributed by atoms with Gasteiger partial charge in [0, 0.05) is 24.8 Å². The zero-order chi connectivity index (χ0) is 27.4. The summed E-state index contributed by atoms with van der Waals surface area (Å²) in [4.78, 5) is 30.1. The van der Waals surface area contributed by atoms with Crippen LogP contribution in [-0.2, 0) is 0 Å². The van der Waals surface area contributed by atoms with E-state index in [1.54, 1.807) is 13.8 Å². The van der Waals surface area contributed by atoms with Gasteiger partial charge in [0.05, 0.1) is 43.6 Å². The van der Waals surface area contributed by atoms with Crippen molar-refractivity contribution in [3.63, 3.8) is 0 Å². The summed E-state index contributed by atoms with van der Waals surface area (Å²) in [5.74, 6) is -3.05. The highest BCUT2D eigenvalue weighted by molar-refractivity contribution is 5.95. The van der Waals surface area contributed by atoms with Crippen LogP contribution in [0.2, 0.25) is 0 Å². The van der Waals surface area contributed by atoms with Gasteiger partial charge in [-0.2, -0.15) is 10.2 Å². The summed E-state index contributed by atoms with van der Waals surface area (Å²) >= 11 is 0. The molecule has 2 aliphatic heterocycles. The van der Waals surface area contributed by atoms with Gasteiger partial charge in [-0.25, -0.2) is 32.6 Å². The van der Waals surface area contributed by atoms with Gasteiger partial charge in [0.1, 0.15) is 17.7 Å². The number of nitrogens with two attached hydrogens (primary N) is 1. The highest BCUT2D eigenvalue weighted by Crippen LogP contribution is 2.32. The number of hydrazone groups is 1. The number of amides is 3. The molecule has 13 heteroatoms. The number of carbonyl (C=O) groups excluding carboxylic acids is 2. The summed E-state index contributed by atoms with van der Waals surface area (Å²) in [5.41, 5.74) is 6.43. The van der Waals surface area contributed by atoms with Gasteiger partial charge in [0.2, 0.25) is 0 Å². The molecule has 5 rings (SSSR count). The number of aryl methyl sites for hydroxylation is 1. The number of carbonyl (C=O) groups is 2. The van der Waals surface area contributed by atoms with E-state index < -0.39 is 41.5 Å². The van der Waals surface area contributed by atoms with Gasteiger partial charge in [0.15, 0.2) is 17.4 Å². The van der Waals surface area contributed by atoms with Gasteiger partial charge in [0.25, 0.3) is 5.91 Å². The lowest BCUT2D eigenvalue weighted by Gasteiger charge is -2.41. The van der Waals surface area contributed by atoms with Crippen LogP contribution in [0.25, 0.3) is 5.82 Å². The quantitative estimate of drug-likeness (QED) is 0.562. The van der Waals surface area contributed by atoms with E-state index in [-0.39, 0.29) is 42.2 Å². The van der Waals surface area contributed by atoms with Crippen LogP contribution in [0.1, 0.15) is 41.1 Å². The molecular formula is C24H22F3N7O3. The first-order valence-electron chi connectivity index (χ1n) is 11.7. The molecule has 3 amide bonds. The fourth-order valence-electron chi connectivity index (χ4n) is 4.31.